The average Bonchev–Trinajstić information content (AvgIpc) is 3.22. The molecule has 3 fully saturated rings. The smallest absolute Gasteiger partial charge is 0.315 e. The van der Waals surface area contributed by atoms with Crippen LogP contribution in [0.25, 0.3) is 0 Å². The first-order valence-electron chi connectivity index (χ1n) is 9.42. The highest BCUT2D eigenvalue weighted by atomic mass is 16.2. The second kappa shape index (κ2) is 7.20. The van der Waals surface area contributed by atoms with Crippen LogP contribution in [0.2, 0.25) is 0 Å². The first-order valence-corrected chi connectivity index (χ1v) is 9.42. The number of amides is 2. The SMILES string of the molecule is CCCN1CCC(CNC(=O)NC(C)C2CC3CCC2C3)C1. The van der Waals surface area contributed by atoms with Gasteiger partial charge in [-0.3, -0.25) is 0 Å². The van der Waals surface area contributed by atoms with Gasteiger partial charge in [-0.2, -0.15) is 0 Å². The van der Waals surface area contributed by atoms with Gasteiger partial charge in [0.25, 0.3) is 0 Å². The normalized spacial score (nSPS) is 35.7. The number of carbonyl (C=O) groups is 1. The highest BCUT2D eigenvalue weighted by Gasteiger charge is 2.42. The molecule has 5 unspecified atom stereocenters. The van der Waals surface area contributed by atoms with Crippen LogP contribution in [0.4, 0.5) is 4.79 Å². The van der Waals surface area contributed by atoms with Crippen LogP contribution < -0.4 is 10.6 Å². The summed E-state index contributed by atoms with van der Waals surface area (Å²) in [6.45, 7) is 8.80. The predicted octanol–water partition coefficient (Wildman–Crippen LogP) is 2.84. The lowest BCUT2D eigenvalue weighted by atomic mass is 9.84. The first-order chi connectivity index (χ1) is 10.7. The van der Waals surface area contributed by atoms with E-state index in [1.165, 1.54) is 51.6 Å². The minimum Gasteiger partial charge on any atom is -0.338 e. The number of hydrogen-bond donors (Lipinski definition) is 2. The van der Waals surface area contributed by atoms with Crippen LogP contribution in [0.15, 0.2) is 0 Å². The molecule has 2 N–H and O–H groups in total. The van der Waals surface area contributed by atoms with E-state index in [2.05, 4.69) is 29.4 Å². The van der Waals surface area contributed by atoms with Crippen molar-refractivity contribution in [3.8, 4) is 0 Å². The van der Waals surface area contributed by atoms with Crippen LogP contribution in [0.3, 0.4) is 0 Å². The summed E-state index contributed by atoms with van der Waals surface area (Å²) in [5, 5.41) is 6.31. The van der Waals surface area contributed by atoms with Crippen LogP contribution in [0.1, 0.15) is 52.4 Å². The summed E-state index contributed by atoms with van der Waals surface area (Å²) in [5.74, 6) is 3.18. The number of hydrogen-bond acceptors (Lipinski definition) is 2. The molecule has 4 heteroatoms. The van der Waals surface area contributed by atoms with Crippen LogP contribution in [-0.2, 0) is 0 Å². The molecular weight excluding hydrogens is 274 g/mol. The molecule has 126 valence electrons. The summed E-state index contributed by atoms with van der Waals surface area (Å²) in [5.41, 5.74) is 0. The molecule has 0 spiro atoms. The van der Waals surface area contributed by atoms with Crippen molar-refractivity contribution in [2.45, 2.75) is 58.4 Å². The van der Waals surface area contributed by atoms with Gasteiger partial charge in [-0.05, 0) is 75.8 Å². The lowest BCUT2D eigenvalue weighted by molar-refractivity contribution is 0.218. The number of fused-ring (bicyclic) bond motifs is 2. The van der Waals surface area contributed by atoms with Gasteiger partial charge in [0.2, 0.25) is 0 Å². The molecule has 4 nitrogen and oxygen atoms in total. The fourth-order valence-electron chi connectivity index (χ4n) is 5.11. The summed E-state index contributed by atoms with van der Waals surface area (Å²) >= 11 is 0. The van der Waals surface area contributed by atoms with Gasteiger partial charge in [0.1, 0.15) is 0 Å². The molecule has 2 amide bonds. The van der Waals surface area contributed by atoms with E-state index in [9.17, 15) is 4.79 Å². The summed E-state index contributed by atoms with van der Waals surface area (Å²) in [6.07, 6.45) is 8.01. The summed E-state index contributed by atoms with van der Waals surface area (Å²) in [7, 11) is 0. The van der Waals surface area contributed by atoms with Crippen molar-refractivity contribution in [3.05, 3.63) is 0 Å². The Hall–Kier alpha value is -0.770. The lowest BCUT2D eigenvalue weighted by Gasteiger charge is -2.28. The maximum absolute atomic E-state index is 12.1. The maximum Gasteiger partial charge on any atom is 0.315 e. The Bertz CT molecular complexity index is 387. The van der Waals surface area contributed by atoms with Gasteiger partial charge in [0.15, 0.2) is 0 Å². The maximum atomic E-state index is 12.1. The Morgan fingerprint density at radius 2 is 2.14 bits per heavy atom. The third-order valence-corrected chi connectivity index (χ3v) is 6.25. The van der Waals surface area contributed by atoms with Crippen LogP contribution in [0.5, 0.6) is 0 Å². The van der Waals surface area contributed by atoms with E-state index < -0.39 is 0 Å². The predicted molar refractivity (Wildman–Crippen MR) is 89.8 cm³/mol. The summed E-state index contributed by atoms with van der Waals surface area (Å²) in [4.78, 5) is 14.7. The molecule has 0 aromatic rings. The molecule has 2 aliphatic carbocycles. The van der Waals surface area contributed by atoms with E-state index in [1.807, 2.05) is 0 Å². The number of urea groups is 1. The van der Waals surface area contributed by atoms with Crippen molar-refractivity contribution in [1.82, 2.24) is 15.5 Å². The van der Waals surface area contributed by atoms with Crippen LogP contribution in [0, 0.1) is 23.7 Å². The Kier molecular flexibility index (Phi) is 5.27. The third kappa shape index (κ3) is 3.76. The molecule has 0 radical (unpaired) electrons. The lowest BCUT2D eigenvalue weighted by Crippen LogP contribution is -2.46. The van der Waals surface area contributed by atoms with Crippen molar-refractivity contribution >= 4 is 6.03 Å². The number of nitrogens with one attached hydrogen (secondary N) is 2. The molecule has 1 heterocycles. The van der Waals surface area contributed by atoms with Gasteiger partial charge >= 0.3 is 6.03 Å². The average molecular weight is 307 g/mol. The molecule has 1 aliphatic heterocycles. The summed E-state index contributed by atoms with van der Waals surface area (Å²) in [6, 6.07) is 0.375. The minimum absolute atomic E-state index is 0.0456. The Balaban J connectivity index is 1.34. The molecular formula is C18H33N3O. The van der Waals surface area contributed by atoms with Gasteiger partial charge in [-0.25, -0.2) is 4.79 Å². The fraction of sp³-hybridized carbons (Fsp3) is 0.944. The standard InChI is InChI=1S/C18H33N3O/c1-3-7-21-8-6-15(12-21)11-19-18(22)20-13(2)17-10-14-4-5-16(17)9-14/h13-17H,3-12H2,1-2H3,(H2,19,20,22). The zero-order chi connectivity index (χ0) is 15.5. The van der Waals surface area contributed by atoms with Gasteiger partial charge in [-0.15, -0.1) is 0 Å². The second-order valence-electron chi connectivity index (χ2n) is 7.94. The van der Waals surface area contributed by atoms with E-state index in [0.717, 1.165) is 30.8 Å². The Morgan fingerprint density at radius 1 is 1.27 bits per heavy atom. The Morgan fingerprint density at radius 3 is 2.82 bits per heavy atom. The third-order valence-electron chi connectivity index (χ3n) is 6.25. The molecule has 22 heavy (non-hydrogen) atoms. The van der Waals surface area contributed by atoms with E-state index >= 15 is 0 Å². The van der Waals surface area contributed by atoms with Crippen molar-refractivity contribution in [2.24, 2.45) is 23.7 Å². The molecule has 0 aromatic heterocycles. The molecule has 3 rings (SSSR count). The molecule has 2 saturated carbocycles. The minimum atomic E-state index is 0.0456. The zero-order valence-electron chi connectivity index (χ0n) is 14.3. The van der Waals surface area contributed by atoms with Crippen LogP contribution >= 0.6 is 0 Å². The molecule has 5 atom stereocenters. The monoisotopic (exact) mass is 307 g/mol. The molecule has 2 bridgehead atoms. The highest BCUT2D eigenvalue weighted by molar-refractivity contribution is 5.74. The Labute approximate surface area is 135 Å². The van der Waals surface area contributed by atoms with Crippen molar-refractivity contribution in [3.63, 3.8) is 0 Å². The molecule has 0 aromatic carbocycles. The van der Waals surface area contributed by atoms with Crippen molar-refractivity contribution < 1.29 is 4.79 Å². The topological polar surface area (TPSA) is 44.4 Å². The quantitative estimate of drug-likeness (QED) is 0.792. The largest absolute Gasteiger partial charge is 0.338 e. The van der Waals surface area contributed by atoms with Gasteiger partial charge < -0.3 is 15.5 Å². The number of nitrogens with zero attached hydrogens (tertiary/aromatic N) is 1. The zero-order valence-corrected chi connectivity index (χ0v) is 14.3. The van der Waals surface area contributed by atoms with E-state index in [1.54, 1.807) is 0 Å². The van der Waals surface area contributed by atoms with Gasteiger partial charge in [0, 0.05) is 19.1 Å². The number of likely N-dealkylation sites (tertiary alicyclic amines) is 1. The van der Waals surface area contributed by atoms with E-state index in [0.29, 0.717) is 12.0 Å². The van der Waals surface area contributed by atoms with Crippen molar-refractivity contribution in [2.75, 3.05) is 26.2 Å². The molecule has 1 saturated heterocycles. The van der Waals surface area contributed by atoms with Gasteiger partial charge in [0.05, 0.1) is 0 Å². The highest BCUT2D eigenvalue weighted by Crippen LogP contribution is 2.49. The first kappa shape index (κ1) is 16.1. The van der Waals surface area contributed by atoms with E-state index in [4.69, 9.17) is 0 Å². The number of carbonyl (C=O) groups excluding carboxylic acids is 1. The second-order valence-corrected chi connectivity index (χ2v) is 7.94. The van der Waals surface area contributed by atoms with Crippen LogP contribution in [-0.4, -0.2) is 43.2 Å². The van der Waals surface area contributed by atoms with Gasteiger partial charge in [-0.1, -0.05) is 13.3 Å². The number of rotatable bonds is 6. The fourth-order valence-corrected chi connectivity index (χ4v) is 5.11. The molecule has 3 aliphatic rings. The summed E-state index contributed by atoms with van der Waals surface area (Å²) < 4.78 is 0. The van der Waals surface area contributed by atoms with E-state index in [-0.39, 0.29) is 6.03 Å². The van der Waals surface area contributed by atoms with Crippen molar-refractivity contribution in [1.29, 1.82) is 0 Å².